The van der Waals surface area contributed by atoms with E-state index in [-0.39, 0.29) is 18.5 Å². The lowest BCUT2D eigenvalue weighted by molar-refractivity contribution is -0.139. The summed E-state index contributed by atoms with van der Waals surface area (Å²) < 4.78 is 0. The normalized spacial score (nSPS) is 17.6. The van der Waals surface area contributed by atoms with E-state index >= 15 is 0 Å². The van der Waals surface area contributed by atoms with Crippen molar-refractivity contribution >= 4 is 23.5 Å². The number of carbonyl (C=O) groups excluding carboxylic acids is 2. The molecule has 0 aliphatic heterocycles. The van der Waals surface area contributed by atoms with Crippen molar-refractivity contribution in [2.45, 2.75) is 44.2 Å². The van der Waals surface area contributed by atoms with Crippen molar-refractivity contribution in [2.24, 2.45) is 17.6 Å². The molecule has 0 heterocycles. The van der Waals surface area contributed by atoms with Crippen molar-refractivity contribution < 1.29 is 19.5 Å². The Morgan fingerprint density at radius 3 is 2.19 bits per heavy atom. The third-order valence-corrected chi connectivity index (χ3v) is 4.93. The van der Waals surface area contributed by atoms with Crippen LogP contribution in [0.4, 0.5) is 5.69 Å². The van der Waals surface area contributed by atoms with E-state index < -0.39 is 24.3 Å². The van der Waals surface area contributed by atoms with Crippen molar-refractivity contribution in [1.82, 2.24) is 5.32 Å². The second-order valence-electron chi connectivity index (χ2n) is 7.23. The Bertz CT molecular complexity index is 659. The van der Waals surface area contributed by atoms with Crippen molar-refractivity contribution in [3.8, 4) is 0 Å². The number of nitrogens with two attached hydrogens (primary N) is 1. The summed E-state index contributed by atoms with van der Waals surface area (Å²) in [6, 6.07) is 7.74. The van der Waals surface area contributed by atoms with Crippen LogP contribution in [0.1, 0.15) is 32.1 Å². The van der Waals surface area contributed by atoms with Gasteiger partial charge in [0.2, 0.25) is 11.8 Å². The van der Waals surface area contributed by atoms with Crippen molar-refractivity contribution in [2.75, 3.05) is 11.4 Å². The number of benzene rings is 1. The Morgan fingerprint density at radius 1 is 1.12 bits per heavy atom. The molecule has 140 valence electrons. The number of carbonyl (C=O) groups is 3. The molecule has 0 bridgehead atoms. The van der Waals surface area contributed by atoms with Gasteiger partial charge in [0.15, 0.2) is 0 Å². The molecule has 2 aliphatic carbocycles. The molecule has 2 amide bonds. The predicted molar refractivity (Wildman–Crippen MR) is 96.4 cm³/mol. The number of para-hydroxylation sites is 1. The second kappa shape index (κ2) is 7.86. The van der Waals surface area contributed by atoms with E-state index in [1.165, 1.54) is 4.90 Å². The summed E-state index contributed by atoms with van der Waals surface area (Å²) in [7, 11) is 0. The molecule has 26 heavy (non-hydrogen) atoms. The van der Waals surface area contributed by atoms with Gasteiger partial charge in [-0.1, -0.05) is 18.2 Å². The largest absolute Gasteiger partial charge is 0.481 e. The van der Waals surface area contributed by atoms with Crippen molar-refractivity contribution in [1.29, 1.82) is 0 Å². The molecule has 0 aromatic heterocycles. The summed E-state index contributed by atoms with van der Waals surface area (Å²) in [5.74, 6) is -0.828. The molecule has 1 aromatic carbocycles. The lowest BCUT2D eigenvalue weighted by atomic mass is 10.1. The number of nitrogens with zero attached hydrogens (tertiary/aromatic N) is 1. The summed E-state index contributed by atoms with van der Waals surface area (Å²) in [6.07, 6.45) is 4.10. The van der Waals surface area contributed by atoms with E-state index in [1.54, 1.807) is 30.3 Å². The first-order valence-corrected chi connectivity index (χ1v) is 9.09. The van der Waals surface area contributed by atoms with E-state index in [4.69, 9.17) is 10.8 Å². The maximum absolute atomic E-state index is 12.7. The molecule has 0 saturated heterocycles. The summed E-state index contributed by atoms with van der Waals surface area (Å²) in [5, 5.41) is 12.0. The summed E-state index contributed by atoms with van der Waals surface area (Å²) in [5.41, 5.74) is 6.28. The van der Waals surface area contributed by atoms with Crippen LogP contribution < -0.4 is 16.0 Å². The topological polar surface area (TPSA) is 113 Å². The fourth-order valence-electron chi connectivity index (χ4n) is 3.29. The maximum Gasteiger partial charge on any atom is 0.305 e. The van der Waals surface area contributed by atoms with E-state index in [0.717, 1.165) is 25.7 Å². The summed E-state index contributed by atoms with van der Waals surface area (Å²) in [4.78, 5) is 37.4. The zero-order valence-electron chi connectivity index (χ0n) is 14.6. The van der Waals surface area contributed by atoms with Gasteiger partial charge in [-0.15, -0.1) is 0 Å². The molecule has 7 nitrogen and oxygen atoms in total. The SMILES string of the molecule is N[C@@H](CC(=O)O)C(=O)N(CC(=O)NC(C1CC1)C1CC1)c1ccccc1. The number of hydrogen-bond donors (Lipinski definition) is 3. The third kappa shape index (κ3) is 4.82. The highest BCUT2D eigenvalue weighted by atomic mass is 16.4. The summed E-state index contributed by atoms with van der Waals surface area (Å²) >= 11 is 0. The molecule has 1 aromatic rings. The molecule has 1 atom stereocenters. The monoisotopic (exact) mass is 359 g/mol. The van der Waals surface area contributed by atoms with Crippen LogP contribution >= 0.6 is 0 Å². The molecule has 0 radical (unpaired) electrons. The second-order valence-corrected chi connectivity index (χ2v) is 7.23. The lowest BCUT2D eigenvalue weighted by Crippen LogP contribution is -2.50. The lowest BCUT2D eigenvalue weighted by Gasteiger charge is -2.26. The fourth-order valence-corrected chi connectivity index (χ4v) is 3.29. The number of aliphatic carboxylic acids is 1. The van der Waals surface area contributed by atoms with Gasteiger partial charge in [-0.2, -0.15) is 0 Å². The molecule has 7 heteroatoms. The van der Waals surface area contributed by atoms with Crippen LogP contribution in [0.25, 0.3) is 0 Å². The Labute approximate surface area is 152 Å². The van der Waals surface area contributed by atoms with Gasteiger partial charge >= 0.3 is 5.97 Å². The number of hydrogen-bond acceptors (Lipinski definition) is 4. The number of nitrogens with one attached hydrogen (secondary N) is 1. The quantitative estimate of drug-likeness (QED) is 0.612. The molecule has 0 unspecified atom stereocenters. The standard InChI is InChI=1S/C19H25N3O4/c20-15(10-17(24)25)19(26)22(14-4-2-1-3-5-14)11-16(23)21-18(12-6-7-12)13-8-9-13/h1-5,12-13,15,18H,6-11,20H2,(H,21,23)(H,24,25)/t15-/m0/s1. The van der Waals surface area contributed by atoms with E-state index in [9.17, 15) is 14.4 Å². The number of rotatable bonds is 9. The highest BCUT2D eigenvalue weighted by molar-refractivity contribution is 6.02. The highest BCUT2D eigenvalue weighted by Crippen LogP contribution is 2.44. The van der Waals surface area contributed by atoms with E-state index in [0.29, 0.717) is 17.5 Å². The Hall–Kier alpha value is -2.41. The van der Waals surface area contributed by atoms with Crippen LogP contribution in [0.15, 0.2) is 30.3 Å². The minimum atomic E-state index is -1.19. The Morgan fingerprint density at radius 2 is 1.69 bits per heavy atom. The first kappa shape index (κ1) is 18.4. The zero-order valence-corrected chi connectivity index (χ0v) is 14.6. The number of carboxylic acids is 1. The predicted octanol–water partition coefficient (Wildman–Crippen LogP) is 1.13. The smallest absolute Gasteiger partial charge is 0.305 e. The molecule has 2 fully saturated rings. The average Bonchev–Trinajstić information content (AvgIpc) is 3.50. The molecule has 4 N–H and O–H groups in total. The molecule has 2 aliphatic rings. The minimum absolute atomic E-state index is 0.161. The third-order valence-electron chi connectivity index (χ3n) is 4.93. The van der Waals surface area contributed by atoms with Gasteiger partial charge in [0.25, 0.3) is 0 Å². The number of anilines is 1. The van der Waals surface area contributed by atoms with Crippen LogP contribution in [0.3, 0.4) is 0 Å². The van der Waals surface area contributed by atoms with Crippen LogP contribution in [0.5, 0.6) is 0 Å². The average molecular weight is 359 g/mol. The first-order valence-electron chi connectivity index (χ1n) is 9.09. The van der Waals surface area contributed by atoms with Crippen LogP contribution in [0, 0.1) is 11.8 Å². The number of amides is 2. The van der Waals surface area contributed by atoms with Gasteiger partial charge in [0.05, 0.1) is 12.5 Å². The highest BCUT2D eigenvalue weighted by Gasteiger charge is 2.42. The Kier molecular flexibility index (Phi) is 5.56. The van der Waals surface area contributed by atoms with Crippen LogP contribution in [0.2, 0.25) is 0 Å². The van der Waals surface area contributed by atoms with Crippen molar-refractivity contribution in [3.05, 3.63) is 30.3 Å². The number of carboxylic acid groups (broad SMARTS) is 1. The molecular weight excluding hydrogens is 334 g/mol. The van der Waals surface area contributed by atoms with Gasteiger partial charge in [-0.3, -0.25) is 14.4 Å². The fraction of sp³-hybridized carbons (Fsp3) is 0.526. The van der Waals surface area contributed by atoms with Gasteiger partial charge in [-0.25, -0.2) is 0 Å². The van der Waals surface area contributed by atoms with Crippen molar-refractivity contribution in [3.63, 3.8) is 0 Å². The molecule has 2 saturated carbocycles. The van der Waals surface area contributed by atoms with Gasteiger partial charge in [0, 0.05) is 11.7 Å². The van der Waals surface area contributed by atoms with Gasteiger partial charge < -0.3 is 21.1 Å². The summed E-state index contributed by atoms with van der Waals surface area (Å²) in [6.45, 7) is -0.161. The van der Waals surface area contributed by atoms with Crippen LogP contribution in [-0.4, -0.2) is 41.5 Å². The maximum atomic E-state index is 12.7. The molecule has 0 spiro atoms. The van der Waals surface area contributed by atoms with E-state index in [2.05, 4.69) is 5.32 Å². The first-order chi connectivity index (χ1) is 12.5. The molecular formula is C19H25N3O4. The molecule has 3 rings (SSSR count). The Balaban J connectivity index is 1.69. The van der Waals surface area contributed by atoms with E-state index in [1.807, 2.05) is 0 Å². The zero-order chi connectivity index (χ0) is 18.7. The van der Waals surface area contributed by atoms with Gasteiger partial charge in [0.1, 0.15) is 6.54 Å². The van der Waals surface area contributed by atoms with Crippen LogP contribution in [-0.2, 0) is 14.4 Å². The van der Waals surface area contributed by atoms with Gasteiger partial charge in [-0.05, 0) is 49.7 Å². The minimum Gasteiger partial charge on any atom is -0.481 e.